The minimum absolute atomic E-state index is 0.499. The van der Waals surface area contributed by atoms with E-state index in [2.05, 4.69) is 29.0 Å². The maximum atomic E-state index is 6.11. The van der Waals surface area contributed by atoms with Gasteiger partial charge in [0, 0.05) is 12.0 Å². The topological polar surface area (TPSA) is 35.0 Å². The van der Waals surface area contributed by atoms with Crippen LogP contribution in [-0.2, 0) is 6.42 Å². The molecule has 19 heavy (non-hydrogen) atoms. The molecule has 1 aromatic heterocycles. The number of hydrogen-bond acceptors (Lipinski definition) is 3. The molecule has 0 fully saturated rings. The second-order valence-corrected chi connectivity index (χ2v) is 5.56. The lowest BCUT2D eigenvalue weighted by Gasteiger charge is -2.25. The van der Waals surface area contributed by atoms with Crippen LogP contribution in [0.5, 0.6) is 5.88 Å². The monoisotopic (exact) mass is 280 g/mol. The zero-order valence-corrected chi connectivity index (χ0v) is 12.6. The van der Waals surface area contributed by atoms with Crippen LogP contribution in [0.4, 0.5) is 0 Å². The molecule has 0 aliphatic heterocycles. The van der Waals surface area contributed by atoms with Crippen molar-refractivity contribution in [3.05, 3.63) is 28.7 Å². The van der Waals surface area contributed by atoms with E-state index in [1.165, 1.54) is 0 Å². The quantitative estimate of drug-likeness (QED) is 0.618. The normalized spacial score (nSPS) is 22.5. The summed E-state index contributed by atoms with van der Waals surface area (Å²) in [5.41, 5.74) is 0.831. The first-order chi connectivity index (χ1) is 9.11. The Labute approximate surface area is 120 Å². The predicted molar refractivity (Wildman–Crippen MR) is 77.7 cm³/mol. The average molecular weight is 281 g/mol. The molecule has 4 heteroatoms. The molecule has 0 N–H and O–H groups in total. The third-order valence-corrected chi connectivity index (χ3v) is 4.12. The lowest BCUT2D eigenvalue weighted by molar-refractivity contribution is 0.191. The van der Waals surface area contributed by atoms with Crippen molar-refractivity contribution in [3.8, 4) is 5.88 Å². The first-order valence-electron chi connectivity index (χ1n) is 6.92. The molecule has 1 aliphatic carbocycles. The molecular formula is C15H21ClN2O. The molecule has 2 unspecified atom stereocenters. The summed E-state index contributed by atoms with van der Waals surface area (Å²) in [6.45, 7) is 6.89. The Bertz CT molecular complexity index is 473. The molecule has 0 bridgehead atoms. The molecule has 2 rings (SSSR count). The Hall–Kier alpha value is -1.09. The molecule has 2 atom stereocenters. The van der Waals surface area contributed by atoms with E-state index in [0.717, 1.165) is 30.7 Å². The summed E-state index contributed by atoms with van der Waals surface area (Å²) in [4.78, 5) is 8.65. The first kappa shape index (κ1) is 14.3. The molecule has 0 amide bonds. The molecule has 0 radical (unpaired) electrons. The minimum atomic E-state index is 0.499. The van der Waals surface area contributed by atoms with Gasteiger partial charge in [-0.05, 0) is 31.6 Å². The van der Waals surface area contributed by atoms with Crippen molar-refractivity contribution in [2.75, 3.05) is 6.61 Å². The smallest absolute Gasteiger partial charge is 0.221 e. The van der Waals surface area contributed by atoms with E-state index in [1.54, 1.807) is 0 Å². The van der Waals surface area contributed by atoms with Crippen LogP contribution in [0.25, 0.3) is 0 Å². The van der Waals surface area contributed by atoms with Crippen LogP contribution in [-0.4, -0.2) is 16.6 Å². The van der Waals surface area contributed by atoms with Gasteiger partial charge in [0.1, 0.15) is 11.0 Å². The Morgan fingerprint density at radius 2 is 2.05 bits per heavy atom. The van der Waals surface area contributed by atoms with Gasteiger partial charge in [-0.1, -0.05) is 37.6 Å². The van der Waals surface area contributed by atoms with Crippen LogP contribution >= 0.6 is 11.6 Å². The summed E-state index contributed by atoms with van der Waals surface area (Å²) in [5, 5.41) is 0.499. The average Bonchev–Trinajstić information content (AvgIpc) is 2.42. The maximum Gasteiger partial charge on any atom is 0.221 e. The molecule has 3 nitrogen and oxygen atoms in total. The van der Waals surface area contributed by atoms with Gasteiger partial charge in [0.2, 0.25) is 5.88 Å². The zero-order valence-electron chi connectivity index (χ0n) is 11.8. The maximum absolute atomic E-state index is 6.11. The number of hydrogen-bond donors (Lipinski definition) is 0. The number of ether oxygens (including phenoxy) is 1. The predicted octanol–water partition coefficient (Wildman–Crippen LogP) is 3.98. The van der Waals surface area contributed by atoms with Gasteiger partial charge in [0.25, 0.3) is 0 Å². The van der Waals surface area contributed by atoms with Gasteiger partial charge >= 0.3 is 0 Å². The summed E-state index contributed by atoms with van der Waals surface area (Å²) in [7, 11) is 0. The highest BCUT2D eigenvalue weighted by atomic mass is 35.5. The van der Waals surface area contributed by atoms with Crippen LogP contribution in [0, 0.1) is 18.8 Å². The van der Waals surface area contributed by atoms with E-state index in [4.69, 9.17) is 16.3 Å². The largest absolute Gasteiger partial charge is 0.477 e. The van der Waals surface area contributed by atoms with E-state index in [0.29, 0.717) is 29.5 Å². The van der Waals surface area contributed by atoms with Gasteiger partial charge in [-0.15, -0.1) is 0 Å². The molecule has 104 valence electrons. The Balaban J connectivity index is 2.06. The zero-order chi connectivity index (χ0) is 13.8. The van der Waals surface area contributed by atoms with Gasteiger partial charge in [-0.25, -0.2) is 4.98 Å². The van der Waals surface area contributed by atoms with E-state index < -0.39 is 0 Å². The molecule has 1 heterocycles. The summed E-state index contributed by atoms with van der Waals surface area (Å²) < 4.78 is 5.90. The van der Waals surface area contributed by atoms with Crippen LogP contribution in [0.1, 0.15) is 38.1 Å². The van der Waals surface area contributed by atoms with Crippen molar-refractivity contribution in [3.63, 3.8) is 0 Å². The Morgan fingerprint density at radius 1 is 1.32 bits per heavy atom. The van der Waals surface area contributed by atoms with Crippen molar-refractivity contribution >= 4 is 11.6 Å². The molecule has 1 aliphatic rings. The van der Waals surface area contributed by atoms with Crippen molar-refractivity contribution in [2.24, 2.45) is 11.8 Å². The lowest BCUT2D eigenvalue weighted by atomic mass is 9.85. The number of aryl methyl sites for hydroxylation is 1. The van der Waals surface area contributed by atoms with Gasteiger partial charge < -0.3 is 4.74 Å². The second-order valence-electron chi connectivity index (χ2n) is 5.21. The highest BCUT2D eigenvalue weighted by Gasteiger charge is 2.20. The van der Waals surface area contributed by atoms with Crippen LogP contribution in [0.2, 0.25) is 5.15 Å². The highest BCUT2D eigenvalue weighted by molar-refractivity contribution is 6.30. The molecule has 0 spiro atoms. The molecule has 0 saturated carbocycles. The van der Waals surface area contributed by atoms with Crippen LogP contribution < -0.4 is 4.74 Å². The fraction of sp³-hybridized carbons (Fsp3) is 0.600. The summed E-state index contributed by atoms with van der Waals surface area (Å²) in [5.74, 6) is 2.59. The molecule has 1 aromatic rings. The molecule has 0 saturated heterocycles. The summed E-state index contributed by atoms with van der Waals surface area (Å²) in [6.07, 6.45) is 7.48. The number of rotatable bonds is 4. The highest BCUT2D eigenvalue weighted by Crippen LogP contribution is 2.27. The second kappa shape index (κ2) is 6.38. The third-order valence-electron chi connectivity index (χ3n) is 3.76. The van der Waals surface area contributed by atoms with Gasteiger partial charge in [0.05, 0.1) is 6.61 Å². The molecule has 0 aromatic carbocycles. The van der Waals surface area contributed by atoms with Crippen molar-refractivity contribution in [2.45, 2.75) is 40.0 Å². The van der Waals surface area contributed by atoms with Gasteiger partial charge in [-0.3, -0.25) is 0 Å². The minimum Gasteiger partial charge on any atom is -0.477 e. The SMILES string of the molecule is CCc1nc(Cl)c(C)c(OCC2CC=CCC2C)n1. The number of nitrogens with zero attached hydrogens (tertiary/aromatic N) is 2. The van der Waals surface area contributed by atoms with E-state index in [9.17, 15) is 0 Å². The fourth-order valence-electron chi connectivity index (χ4n) is 2.24. The standard InChI is InChI=1S/C15H21ClN2O/c1-4-13-17-14(16)11(3)15(18-13)19-9-12-8-6-5-7-10(12)2/h5-6,10,12H,4,7-9H2,1-3H3. The lowest BCUT2D eigenvalue weighted by Crippen LogP contribution is -2.21. The number of aromatic nitrogens is 2. The fourth-order valence-corrected chi connectivity index (χ4v) is 2.41. The molecular weight excluding hydrogens is 260 g/mol. The van der Waals surface area contributed by atoms with Gasteiger partial charge in [0.15, 0.2) is 0 Å². The summed E-state index contributed by atoms with van der Waals surface area (Å²) >= 11 is 6.11. The third kappa shape index (κ3) is 3.47. The van der Waals surface area contributed by atoms with E-state index >= 15 is 0 Å². The van der Waals surface area contributed by atoms with Crippen molar-refractivity contribution in [1.82, 2.24) is 9.97 Å². The van der Waals surface area contributed by atoms with E-state index in [1.807, 2.05) is 13.8 Å². The number of allylic oxidation sites excluding steroid dienone is 2. The van der Waals surface area contributed by atoms with Gasteiger partial charge in [-0.2, -0.15) is 4.98 Å². The van der Waals surface area contributed by atoms with Crippen molar-refractivity contribution < 1.29 is 4.74 Å². The van der Waals surface area contributed by atoms with Crippen LogP contribution in [0.15, 0.2) is 12.2 Å². The van der Waals surface area contributed by atoms with Crippen molar-refractivity contribution in [1.29, 1.82) is 0 Å². The van der Waals surface area contributed by atoms with Crippen LogP contribution in [0.3, 0.4) is 0 Å². The first-order valence-corrected chi connectivity index (χ1v) is 7.30. The Morgan fingerprint density at radius 3 is 2.74 bits per heavy atom. The summed E-state index contributed by atoms with van der Waals surface area (Å²) in [6, 6.07) is 0. The van der Waals surface area contributed by atoms with E-state index in [-0.39, 0.29) is 0 Å². The Kier molecular flexibility index (Phi) is 4.81. The number of halogens is 1.